The largest absolute Gasteiger partial charge is 0.337 e. The van der Waals surface area contributed by atoms with Gasteiger partial charge in [-0.15, -0.1) is 0 Å². The molecule has 4 rings (SSSR count). The molecule has 1 N–H and O–H groups in total. The minimum absolute atomic E-state index is 0.109. The van der Waals surface area contributed by atoms with E-state index in [-0.39, 0.29) is 22.2 Å². The van der Waals surface area contributed by atoms with E-state index in [2.05, 4.69) is 5.32 Å². The summed E-state index contributed by atoms with van der Waals surface area (Å²) in [6, 6.07) is 17.6. The molecule has 1 amide bonds. The summed E-state index contributed by atoms with van der Waals surface area (Å²) < 4.78 is 41.3. The fourth-order valence-corrected chi connectivity index (χ4v) is 5.49. The van der Waals surface area contributed by atoms with Crippen LogP contribution in [-0.4, -0.2) is 18.9 Å². The second-order valence-electron chi connectivity index (χ2n) is 7.17. The van der Waals surface area contributed by atoms with Crippen molar-refractivity contribution in [1.29, 1.82) is 0 Å². The normalized spacial score (nSPS) is 11.6. The smallest absolute Gasteiger partial charge is 0.244 e. The summed E-state index contributed by atoms with van der Waals surface area (Å²) in [6.07, 6.45) is 1.45. The summed E-state index contributed by atoms with van der Waals surface area (Å²) in [5.74, 6) is -1.26. The highest BCUT2D eigenvalue weighted by Gasteiger charge is 2.23. The maximum Gasteiger partial charge on any atom is 0.244 e. The lowest BCUT2D eigenvalue weighted by Gasteiger charge is -2.08. The van der Waals surface area contributed by atoms with Crippen molar-refractivity contribution >= 4 is 55.5 Å². The summed E-state index contributed by atoms with van der Waals surface area (Å²) >= 11 is 11.9. The van der Waals surface area contributed by atoms with Crippen LogP contribution in [-0.2, 0) is 26.9 Å². The van der Waals surface area contributed by atoms with Gasteiger partial charge in [0.25, 0.3) is 0 Å². The molecular weight excluding hydrogens is 474 g/mol. The molecule has 0 fully saturated rings. The van der Waals surface area contributed by atoms with Crippen molar-refractivity contribution in [3.63, 3.8) is 0 Å². The van der Waals surface area contributed by atoms with Gasteiger partial charge >= 0.3 is 0 Å². The highest BCUT2D eigenvalue weighted by molar-refractivity contribution is 7.90. The number of rotatable bonds is 6. The maximum atomic E-state index is 13.3. The summed E-state index contributed by atoms with van der Waals surface area (Å²) in [4.78, 5) is 12.7. The van der Waals surface area contributed by atoms with Crippen LogP contribution in [0.2, 0.25) is 10.0 Å². The van der Waals surface area contributed by atoms with Gasteiger partial charge < -0.3 is 9.88 Å². The fourth-order valence-electron chi connectivity index (χ4n) is 3.42. The van der Waals surface area contributed by atoms with E-state index >= 15 is 0 Å². The second kappa shape index (κ2) is 8.94. The van der Waals surface area contributed by atoms with Crippen LogP contribution < -0.4 is 5.32 Å². The van der Waals surface area contributed by atoms with E-state index < -0.39 is 21.6 Å². The third-order valence-corrected chi connectivity index (χ3v) is 7.25. The Morgan fingerprint density at radius 1 is 0.969 bits per heavy atom. The summed E-state index contributed by atoms with van der Waals surface area (Å²) in [5, 5.41) is 3.42. The number of carbonyl (C=O) groups is 1. The Kier molecular flexibility index (Phi) is 6.24. The summed E-state index contributed by atoms with van der Waals surface area (Å²) in [6.45, 7) is -0.142. The molecule has 1 aromatic heterocycles. The molecule has 0 spiro atoms. The number of hydrogen-bond acceptors (Lipinski definition) is 3. The fraction of sp³-hybridized carbons (Fsp3) is 0.0870. The standard InChI is InChI=1S/C23H17Cl2FN2O3S/c24-18-7-3-1-5-15(18)14-32(30,31)22-12-28(21-8-4-2-6-17(21)22)13-23(29)27-16-9-10-20(26)19(25)11-16/h1-12H,13-14H2,(H,27,29). The van der Waals surface area contributed by atoms with Gasteiger partial charge in [0.15, 0.2) is 9.84 Å². The van der Waals surface area contributed by atoms with Crippen molar-refractivity contribution in [2.75, 3.05) is 5.32 Å². The van der Waals surface area contributed by atoms with Crippen LogP contribution in [0.1, 0.15) is 5.56 Å². The molecule has 32 heavy (non-hydrogen) atoms. The first-order valence-corrected chi connectivity index (χ1v) is 11.9. The summed E-state index contributed by atoms with van der Waals surface area (Å²) in [7, 11) is -3.74. The Balaban J connectivity index is 1.64. The Morgan fingerprint density at radius 3 is 2.44 bits per heavy atom. The van der Waals surface area contributed by atoms with Crippen molar-refractivity contribution in [2.24, 2.45) is 0 Å². The predicted octanol–water partition coefficient (Wildman–Crippen LogP) is 5.70. The van der Waals surface area contributed by atoms with Gasteiger partial charge in [0, 0.05) is 27.8 Å². The van der Waals surface area contributed by atoms with Crippen LogP contribution in [0.4, 0.5) is 10.1 Å². The van der Waals surface area contributed by atoms with Crippen LogP contribution >= 0.6 is 23.2 Å². The van der Waals surface area contributed by atoms with Gasteiger partial charge in [-0.3, -0.25) is 4.79 Å². The van der Waals surface area contributed by atoms with E-state index in [9.17, 15) is 17.6 Å². The quantitative estimate of drug-likeness (QED) is 0.376. The first kappa shape index (κ1) is 22.3. The Bertz CT molecular complexity index is 1430. The zero-order valence-electron chi connectivity index (χ0n) is 16.6. The Hall–Kier alpha value is -2.87. The monoisotopic (exact) mass is 490 g/mol. The van der Waals surface area contributed by atoms with E-state index in [4.69, 9.17) is 23.2 Å². The Morgan fingerprint density at radius 2 is 1.69 bits per heavy atom. The molecule has 5 nitrogen and oxygen atoms in total. The minimum Gasteiger partial charge on any atom is -0.337 e. The van der Waals surface area contributed by atoms with Gasteiger partial charge in [0.1, 0.15) is 12.4 Å². The predicted molar refractivity (Wildman–Crippen MR) is 124 cm³/mol. The van der Waals surface area contributed by atoms with Gasteiger partial charge in [-0.1, -0.05) is 59.6 Å². The number of hydrogen-bond donors (Lipinski definition) is 1. The molecule has 0 aliphatic heterocycles. The van der Waals surface area contributed by atoms with Crippen LogP contribution in [0.5, 0.6) is 0 Å². The lowest BCUT2D eigenvalue weighted by atomic mass is 10.2. The second-order valence-corrected chi connectivity index (χ2v) is 9.94. The highest BCUT2D eigenvalue weighted by atomic mass is 35.5. The Labute approximate surface area is 194 Å². The lowest BCUT2D eigenvalue weighted by molar-refractivity contribution is -0.116. The van der Waals surface area contributed by atoms with Crippen molar-refractivity contribution < 1.29 is 17.6 Å². The SMILES string of the molecule is O=C(Cn1cc(S(=O)(=O)Cc2ccccc2Cl)c2ccccc21)Nc1ccc(F)c(Cl)c1. The molecule has 0 saturated carbocycles. The third-order valence-electron chi connectivity index (χ3n) is 4.91. The van der Waals surface area contributed by atoms with Crippen molar-refractivity contribution in [2.45, 2.75) is 17.2 Å². The first-order valence-electron chi connectivity index (χ1n) is 9.53. The first-order chi connectivity index (χ1) is 15.2. The molecule has 0 atom stereocenters. The number of benzene rings is 3. The van der Waals surface area contributed by atoms with E-state index in [1.54, 1.807) is 53.1 Å². The maximum absolute atomic E-state index is 13.3. The van der Waals surface area contributed by atoms with Crippen LogP contribution in [0, 0.1) is 5.82 Å². The van der Waals surface area contributed by atoms with Crippen molar-refractivity contribution in [3.05, 3.63) is 94.4 Å². The number of sulfone groups is 1. The number of nitrogens with zero attached hydrogens (tertiary/aromatic N) is 1. The number of aromatic nitrogens is 1. The van der Waals surface area contributed by atoms with Crippen molar-refractivity contribution in [1.82, 2.24) is 4.57 Å². The van der Waals surface area contributed by atoms with Gasteiger partial charge in [0.2, 0.25) is 5.91 Å². The molecule has 4 aromatic rings. The van der Waals surface area contributed by atoms with E-state index in [1.807, 2.05) is 0 Å². The molecule has 0 aliphatic carbocycles. The van der Waals surface area contributed by atoms with E-state index in [0.717, 1.165) is 6.07 Å². The number of carbonyl (C=O) groups excluding carboxylic acids is 1. The van der Waals surface area contributed by atoms with Crippen molar-refractivity contribution in [3.8, 4) is 0 Å². The lowest BCUT2D eigenvalue weighted by Crippen LogP contribution is -2.18. The molecule has 3 aromatic carbocycles. The number of nitrogens with one attached hydrogen (secondary N) is 1. The molecule has 0 radical (unpaired) electrons. The molecule has 0 bridgehead atoms. The van der Waals surface area contributed by atoms with E-state index in [1.165, 1.54) is 18.3 Å². The number of halogens is 3. The molecule has 0 saturated heterocycles. The molecular formula is C23H17Cl2FN2O3S. The molecule has 164 valence electrons. The molecule has 0 aliphatic rings. The average Bonchev–Trinajstić information content (AvgIpc) is 3.12. The number of fused-ring (bicyclic) bond motifs is 1. The van der Waals surface area contributed by atoms with Gasteiger partial charge in [-0.2, -0.15) is 0 Å². The van der Waals surface area contributed by atoms with Crippen LogP contribution in [0.3, 0.4) is 0 Å². The molecule has 0 unspecified atom stereocenters. The average molecular weight is 491 g/mol. The van der Waals surface area contributed by atoms with Crippen LogP contribution in [0.15, 0.2) is 77.8 Å². The molecule has 9 heteroatoms. The molecule has 1 heterocycles. The summed E-state index contributed by atoms with van der Waals surface area (Å²) in [5.41, 5.74) is 1.43. The zero-order valence-corrected chi connectivity index (χ0v) is 18.9. The zero-order chi connectivity index (χ0) is 22.9. The number of anilines is 1. The highest BCUT2D eigenvalue weighted by Crippen LogP contribution is 2.29. The third kappa shape index (κ3) is 4.65. The van der Waals surface area contributed by atoms with Gasteiger partial charge in [0.05, 0.1) is 15.7 Å². The van der Waals surface area contributed by atoms with Gasteiger partial charge in [-0.25, -0.2) is 12.8 Å². The van der Waals surface area contributed by atoms with Crippen LogP contribution in [0.25, 0.3) is 10.9 Å². The minimum atomic E-state index is -3.74. The number of amides is 1. The van der Waals surface area contributed by atoms with Gasteiger partial charge in [-0.05, 0) is 35.9 Å². The number of para-hydroxylation sites is 1. The van der Waals surface area contributed by atoms with E-state index in [0.29, 0.717) is 27.2 Å². The topological polar surface area (TPSA) is 68.2 Å².